The van der Waals surface area contributed by atoms with E-state index in [2.05, 4.69) is 41.0 Å². The van der Waals surface area contributed by atoms with Gasteiger partial charge in [-0.05, 0) is 50.1 Å². The first-order valence-corrected chi connectivity index (χ1v) is 8.81. The van der Waals surface area contributed by atoms with E-state index in [9.17, 15) is 4.79 Å². The van der Waals surface area contributed by atoms with Crippen molar-refractivity contribution in [1.29, 1.82) is 0 Å². The van der Waals surface area contributed by atoms with Gasteiger partial charge in [-0.15, -0.1) is 0 Å². The van der Waals surface area contributed by atoms with Crippen molar-refractivity contribution < 1.29 is 4.79 Å². The summed E-state index contributed by atoms with van der Waals surface area (Å²) >= 11 is 0. The van der Waals surface area contributed by atoms with Crippen LogP contribution in [0.1, 0.15) is 50.5 Å². The highest BCUT2D eigenvalue weighted by molar-refractivity contribution is 5.88. The Morgan fingerprint density at radius 3 is 2.55 bits per heavy atom. The summed E-state index contributed by atoms with van der Waals surface area (Å²) in [6.07, 6.45) is 8.66. The Morgan fingerprint density at radius 2 is 1.91 bits per heavy atom. The molecule has 0 aromatic heterocycles. The van der Waals surface area contributed by atoms with Crippen LogP contribution in [0.15, 0.2) is 30.3 Å². The van der Waals surface area contributed by atoms with Gasteiger partial charge in [0.05, 0.1) is 5.41 Å². The minimum Gasteiger partial charge on any atom is -0.354 e. The Balaban J connectivity index is 1.23. The molecule has 1 saturated heterocycles. The van der Waals surface area contributed by atoms with Crippen LogP contribution < -0.4 is 10.6 Å². The van der Waals surface area contributed by atoms with Crippen molar-refractivity contribution in [3.05, 3.63) is 35.9 Å². The molecule has 1 aromatic rings. The van der Waals surface area contributed by atoms with Gasteiger partial charge in [0.25, 0.3) is 0 Å². The summed E-state index contributed by atoms with van der Waals surface area (Å²) < 4.78 is 0. The second-order valence-corrected chi connectivity index (χ2v) is 7.06. The number of β-lactam (4-membered cyclic amide) rings is 1. The van der Waals surface area contributed by atoms with Gasteiger partial charge in [-0.25, -0.2) is 0 Å². The molecule has 3 nitrogen and oxygen atoms in total. The van der Waals surface area contributed by atoms with Crippen molar-refractivity contribution in [1.82, 2.24) is 10.6 Å². The van der Waals surface area contributed by atoms with Crippen LogP contribution >= 0.6 is 0 Å². The SMILES string of the molecule is O=C1NCC12CCC(CCCCNCc1ccccc1)CC2. The fourth-order valence-corrected chi connectivity index (χ4v) is 3.84. The number of hydrogen-bond donors (Lipinski definition) is 2. The van der Waals surface area contributed by atoms with E-state index in [-0.39, 0.29) is 5.41 Å². The van der Waals surface area contributed by atoms with Crippen molar-refractivity contribution in [2.24, 2.45) is 11.3 Å². The lowest BCUT2D eigenvalue weighted by Crippen LogP contribution is -2.60. The molecule has 3 rings (SSSR count). The second-order valence-electron chi connectivity index (χ2n) is 7.06. The van der Waals surface area contributed by atoms with E-state index in [0.717, 1.165) is 38.4 Å². The molecule has 1 spiro atoms. The van der Waals surface area contributed by atoms with E-state index in [0.29, 0.717) is 5.91 Å². The lowest BCUT2D eigenvalue weighted by atomic mass is 9.65. The van der Waals surface area contributed by atoms with Gasteiger partial charge in [-0.3, -0.25) is 4.79 Å². The van der Waals surface area contributed by atoms with Gasteiger partial charge in [0.15, 0.2) is 0 Å². The van der Waals surface area contributed by atoms with Crippen LogP contribution in [0.3, 0.4) is 0 Å². The summed E-state index contributed by atoms with van der Waals surface area (Å²) in [5, 5.41) is 6.44. The van der Waals surface area contributed by atoms with Crippen molar-refractivity contribution >= 4 is 5.91 Å². The number of rotatable bonds is 7. The van der Waals surface area contributed by atoms with Crippen LogP contribution in [0.5, 0.6) is 0 Å². The second kappa shape index (κ2) is 7.28. The molecule has 0 bridgehead atoms. The zero-order chi connectivity index (χ0) is 15.3. The molecular formula is C19H28N2O. The third kappa shape index (κ3) is 3.70. The fourth-order valence-electron chi connectivity index (χ4n) is 3.84. The zero-order valence-corrected chi connectivity index (χ0v) is 13.4. The third-order valence-electron chi connectivity index (χ3n) is 5.52. The van der Waals surface area contributed by atoms with Gasteiger partial charge in [0.2, 0.25) is 5.91 Å². The highest BCUT2D eigenvalue weighted by Gasteiger charge is 2.47. The van der Waals surface area contributed by atoms with E-state index in [4.69, 9.17) is 0 Å². The minimum absolute atomic E-state index is 0.0493. The summed E-state index contributed by atoms with van der Waals surface area (Å²) in [7, 11) is 0. The third-order valence-corrected chi connectivity index (χ3v) is 5.52. The highest BCUT2D eigenvalue weighted by Crippen LogP contribution is 2.43. The monoisotopic (exact) mass is 300 g/mol. The van der Waals surface area contributed by atoms with Crippen LogP contribution in [-0.4, -0.2) is 19.0 Å². The molecule has 2 fully saturated rings. The summed E-state index contributed by atoms with van der Waals surface area (Å²) in [6.45, 7) is 3.01. The first-order valence-electron chi connectivity index (χ1n) is 8.81. The molecule has 0 unspecified atom stereocenters. The molecule has 1 aromatic carbocycles. The van der Waals surface area contributed by atoms with Crippen molar-refractivity contribution in [3.8, 4) is 0 Å². The normalized spacial score (nSPS) is 27.5. The maximum atomic E-state index is 11.6. The number of carbonyl (C=O) groups is 1. The maximum Gasteiger partial charge on any atom is 0.228 e. The molecule has 0 atom stereocenters. The van der Waals surface area contributed by atoms with Gasteiger partial charge in [0.1, 0.15) is 0 Å². The number of amides is 1. The van der Waals surface area contributed by atoms with Crippen LogP contribution in [0.25, 0.3) is 0 Å². The predicted molar refractivity (Wildman–Crippen MR) is 89.4 cm³/mol. The predicted octanol–water partition coefficient (Wildman–Crippen LogP) is 3.25. The number of benzene rings is 1. The molecule has 2 N–H and O–H groups in total. The summed E-state index contributed by atoms with van der Waals surface area (Å²) in [4.78, 5) is 11.6. The van der Waals surface area contributed by atoms with E-state index in [1.165, 1.54) is 37.7 Å². The molecule has 22 heavy (non-hydrogen) atoms. The maximum absolute atomic E-state index is 11.6. The molecule has 1 saturated carbocycles. The molecule has 1 aliphatic carbocycles. The fraction of sp³-hybridized carbons (Fsp3) is 0.632. The molecule has 1 amide bonds. The Morgan fingerprint density at radius 1 is 1.14 bits per heavy atom. The number of hydrogen-bond acceptors (Lipinski definition) is 2. The zero-order valence-electron chi connectivity index (χ0n) is 13.4. The van der Waals surface area contributed by atoms with Crippen LogP contribution in [0, 0.1) is 11.3 Å². The van der Waals surface area contributed by atoms with Crippen molar-refractivity contribution in [2.45, 2.75) is 51.5 Å². The van der Waals surface area contributed by atoms with Gasteiger partial charge >= 0.3 is 0 Å². The molecule has 3 heteroatoms. The number of nitrogens with one attached hydrogen (secondary N) is 2. The average molecular weight is 300 g/mol. The van der Waals surface area contributed by atoms with Gasteiger partial charge in [-0.2, -0.15) is 0 Å². The largest absolute Gasteiger partial charge is 0.354 e. The number of unbranched alkanes of at least 4 members (excludes halogenated alkanes) is 1. The van der Waals surface area contributed by atoms with E-state index in [1.807, 2.05) is 0 Å². The highest BCUT2D eigenvalue weighted by atomic mass is 16.2. The summed E-state index contributed by atoms with van der Waals surface area (Å²) in [5.41, 5.74) is 1.41. The topological polar surface area (TPSA) is 41.1 Å². The first-order chi connectivity index (χ1) is 10.8. The molecule has 1 heterocycles. The Labute approximate surface area is 133 Å². The molecular weight excluding hydrogens is 272 g/mol. The van der Waals surface area contributed by atoms with Crippen LogP contribution in [-0.2, 0) is 11.3 Å². The lowest BCUT2D eigenvalue weighted by molar-refractivity contribution is -0.143. The number of carbonyl (C=O) groups excluding carboxylic acids is 1. The average Bonchev–Trinajstić information content (AvgIpc) is 2.58. The minimum atomic E-state index is 0.0493. The Bertz CT molecular complexity index is 477. The van der Waals surface area contributed by atoms with Crippen molar-refractivity contribution in [2.75, 3.05) is 13.1 Å². The Kier molecular flexibility index (Phi) is 5.14. The summed E-state index contributed by atoms with van der Waals surface area (Å²) in [6, 6.07) is 10.6. The van der Waals surface area contributed by atoms with E-state index < -0.39 is 0 Å². The molecule has 0 radical (unpaired) electrons. The molecule has 1 aliphatic heterocycles. The lowest BCUT2D eigenvalue weighted by Gasteiger charge is -2.45. The van der Waals surface area contributed by atoms with Gasteiger partial charge < -0.3 is 10.6 Å². The summed E-state index contributed by atoms with van der Waals surface area (Å²) in [5.74, 6) is 1.17. The van der Waals surface area contributed by atoms with E-state index in [1.54, 1.807) is 0 Å². The van der Waals surface area contributed by atoms with E-state index >= 15 is 0 Å². The molecule has 120 valence electrons. The standard InChI is InChI=1S/C19H28N2O/c22-18-19(15-21-18)11-9-16(10-12-19)6-4-5-13-20-14-17-7-2-1-3-8-17/h1-3,7-8,16,20H,4-6,9-15H2,(H,21,22). The van der Waals surface area contributed by atoms with Crippen LogP contribution in [0.2, 0.25) is 0 Å². The van der Waals surface area contributed by atoms with Crippen LogP contribution in [0.4, 0.5) is 0 Å². The molecule has 2 aliphatic rings. The van der Waals surface area contributed by atoms with Crippen molar-refractivity contribution in [3.63, 3.8) is 0 Å². The smallest absolute Gasteiger partial charge is 0.228 e. The first kappa shape index (κ1) is 15.5. The Hall–Kier alpha value is -1.35. The van der Waals surface area contributed by atoms with Gasteiger partial charge in [0, 0.05) is 13.1 Å². The van der Waals surface area contributed by atoms with Gasteiger partial charge in [-0.1, -0.05) is 43.2 Å². The quantitative estimate of drug-likeness (QED) is 0.599.